The lowest BCUT2D eigenvalue weighted by molar-refractivity contribution is -0.143. The molecule has 368 valence electrons. The maximum absolute atomic E-state index is 12.4. The van der Waals surface area contributed by atoms with Crippen LogP contribution in [0.2, 0.25) is 0 Å². The van der Waals surface area contributed by atoms with Gasteiger partial charge in [0.1, 0.15) is 0 Å². The monoisotopic (exact) mass is 876 g/mol. The van der Waals surface area contributed by atoms with E-state index in [9.17, 15) is 19.8 Å². The minimum atomic E-state index is -0.659. The van der Waals surface area contributed by atoms with Crippen LogP contribution in [0.3, 0.4) is 0 Å². The van der Waals surface area contributed by atoms with Crippen molar-refractivity contribution in [1.82, 2.24) is 5.32 Å². The average molecular weight is 876 g/mol. The van der Waals surface area contributed by atoms with Crippen molar-refractivity contribution in [1.29, 1.82) is 0 Å². The van der Waals surface area contributed by atoms with Crippen LogP contribution in [0, 0.1) is 0 Å². The minimum Gasteiger partial charge on any atom is -0.466 e. The van der Waals surface area contributed by atoms with E-state index >= 15 is 0 Å². The van der Waals surface area contributed by atoms with E-state index in [0.29, 0.717) is 25.9 Å². The Morgan fingerprint density at radius 2 is 0.774 bits per heavy atom. The van der Waals surface area contributed by atoms with E-state index in [0.717, 1.165) is 44.9 Å². The van der Waals surface area contributed by atoms with Crippen molar-refractivity contribution < 1.29 is 24.5 Å². The quantitative estimate of drug-likeness (QED) is 0.0321. The summed E-state index contributed by atoms with van der Waals surface area (Å²) in [5, 5.41) is 23.1. The zero-order valence-corrected chi connectivity index (χ0v) is 41.9. The fourth-order valence-corrected chi connectivity index (χ4v) is 8.74. The summed E-state index contributed by atoms with van der Waals surface area (Å²) < 4.78 is 5.46. The first-order valence-corrected chi connectivity index (χ1v) is 27.9. The molecule has 2 unspecified atom stereocenters. The smallest absolute Gasteiger partial charge is 0.305 e. The van der Waals surface area contributed by atoms with Gasteiger partial charge in [0, 0.05) is 12.8 Å². The molecule has 0 radical (unpaired) electrons. The molecular formula is C56H109NO5. The fraction of sp³-hybridized carbons (Fsp3) is 0.929. The van der Waals surface area contributed by atoms with E-state index < -0.39 is 12.1 Å². The molecule has 0 bridgehead atoms. The molecule has 0 aromatic rings. The van der Waals surface area contributed by atoms with Gasteiger partial charge in [-0.3, -0.25) is 9.59 Å². The second kappa shape index (κ2) is 52.2. The van der Waals surface area contributed by atoms with Crippen LogP contribution in [0.4, 0.5) is 0 Å². The number of carbonyl (C=O) groups is 2. The molecule has 0 aliphatic heterocycles. The van der Waals surface area contributed by atoms with Gasteiger partial charge in [-0.05, 0) is 44.9 Å². The SMILES string of the molecule is CCCC/C=C\CCCCCCCC(=O)OCCCCCCCCCCCCCCCCCCCCCCCCCCCC(=O)NC(CO)C(O)CCCCCCCCCCC. The van der Waals surface area contributed by atoms with Crippen molar-refractivity contribution in [3.63, 3.8) is 0 Å². The highest BCUT2D eigenvalue weighted by molar-refractivity contribution is 5.76. The summed E-state index contributed by atoms with van der Waals surface area (Å²) in [6.45, 7) is 4.90. The lowest BCUT2D eigenvalue weighted by Gasteiger charge is -2.22. The molecule has 6 heteroatoms. The van der Waals surface area contributed by atoms with Crippen molar-refractivity contribution in [2.45, 2.75) is 321 Å². The van der Waals surface area contributed by atoms with Gasteiger partial charge in [0.25, 0.3) is 0 Å². The average Bonchev–Trinajstić information content (AvgIpc) is 3.27. The number of unbranched alkanes of at least 4 members (excludes halogenated alkanes) is 39. The van der Waals surface area contributed by atoms with Gasteiger partial charge < -0.3 is 20.3 Å². The molecule has 0 saturated heterocycles. The first-order chi connectivity index (χ1) is 30.5. The molecule has 0 aliphatic carbocycles. The fourth-order valence-electron chi connectivity index (χ4n) is 8.74. The van der Waals surface area contributed by atoms with E-state index in [2.05, 4.69) is 31.3 Å². The molecule has 0 aromatic carbocycles. The summed E-state index contributed by atoms with van der Waals surface area (Å²) in [5.41, 5.74) is 0. The third-order valence-corrected chi connectivity index (χ3v) is 13.1. The van der Waals surface area contributed by atoms with Crippen molar-refractivity contribution in [2.24, 2.45) is 0 Å². The maximum Gasteiger partial charge on any atom is 0.305 e. The highest BCUT2D eigenvalue weighted by Gasteiger charge is 2.20. The normalized spacial score (nSPS) is 12.6. The summed E-state index contributed by atoms with van der Waals surface area (Å²) in [6.07, 6.45) is 60.7. The number of hydrogen-bond donors (Lipinski definition) is 3. The van der Waals surface area contributed by atoms with Crippen LogP contribution < -0.4 is 5.32 Å². The third-order valence-electron chi connectivity index (χ3n) is 13.1. The molecule has 1 amide bonds. The Balaban J connectivity index is 3.32. The van der Waals surface area contributed by atoms with Crippen LogP contribution in [0.5, 0.6) is 0 Å². The zero-order chi connectivity index (χ0) is 45.1. The molecule has 0 saturated carbocycles. The Bertz CT molecular complexity index is 924. The van der Waals surface area contributed by atoms with Crippen molar-refractivity contribution in [3.05, 3.63) is 12.2 Å². The topological polar surface area (TPSA) is 95.9 Å². The number of allylic oxidation sites excluding steroid dienone is 2. The second-order valence-electron chi connectivity index (χ2n) is 19.3. The van der Waals surface area contributed by atoms with Crippen LogP contribution >= 0.6 is 0 Å². The first kappa shape index (κ1) is 60.6. The number of carbonyl (C=O) groups excluding carboxylic acids is 2. The van der Waals surface area contributed by atoms with Crippen LogP contribution in [-0.4, -0.2) is 47.4 Å². The molecule has 0 spiro atoms. The Labute approximate surface area is 387 Å². The molecule has 2 atom stereocenters. The maximum atomic E-state index is 12.4. The van der Waals surface area contributed by atoms with Gasteiger partial charge >= 0.3 is 5.97 Å². The van der Waals surface area contributed by atoms with Crippen molar-refractivity contribution in [2.75, 3.05) is 13.2 Å². The number of hydrogen-bond acceptors (Lipinski definition) is 5. The van der Waals surface area contributed by atoms with Crippen molar-refractivity contribution in [3.8, 4) is 0 Å². The summed E-state index contributed by atoms with van der Waals surface area (Å²) in [4.78, 5) is 24.4. The molecule has 62 heavy (non-hydrogen) atoms. The van der Waals surface area contributed by atoms with Crippen LogP contribution in [0.25, 0.3) is 0 Å². The molecule has 3 N–H and O–H groups in total. The van der Waals surface area contributed by atoms with E-state index in [1.54, 1.807) is 0 Å². The largest absolute Gasteiger partial charge is 0.466 e. The first-order valence-electron chi connectivity index (χ1n) is 27.9. The predicted octanol–water partition coefficient (Wildman–Crippen LogP) is 16.9. The van der Waals surface area contributed by atoms with Gasteiger partial charge in [0.05, 0.1) is 25.4 Å². The lowest BCUT2D eigenvalue weighted by Crippen LogP contribution is -2.45. The molecule has 0 rings (SSSR count). The number of ether oxygens (including phenoxy) is 1. The highest BCUT2D eigenvalue weighted by Crippen LogP contribution is 2.17. The van der Waals surface area contributed by atoms with Gasteiger partial charge in [-0.25, -0.2) is 0 Å². The molecule has 0 fully saturated rings. The molecule has 6 nitrogen and oxygen atoms in total. The van der Waals surface area contributed by atoms with E-state index in [1.807, 2.05) is 0 Å². The van der Waals surface area contributed by atoms with Gasteiger partial charge in [0.15, 0.2) is 0 Å². The van der Waals surface area contributed by atoms with Crippen LogP contribution in [0.15, 0.2) is 12.2 Å². The standard InChI is InChI=1S/C56H109NO5/c1-3-5-7-9-11-13-29-34-38-42-46-50-56(61)62-51-47-43-39-35-31-28-26-24-22-20-18-16-14-15-17-19-21-23-25-27-30-33-37-41-45-49-55(60)57-53(52-58)54(59)48-44-40-36-32-12-10-8-6-4-2/h9,11,53-54,58-59H,3-8,10,12-52H2,1-2H3,(H,57,60)/b11-9-. The summed E-state index contributed by atoms with van der Waals surface area (Å²) in [7, 11) is 0. The number of rotatable bonds is 52. The Kier molecular flexibility index (Phi) is 51.0. The van der Waals surface area contributed by atoms with Crippen molar-refractivity contribution >= 4 is 11.9 Å². The summed E-state index contributed by atoms with van der Waals surface area (Å²) >= 11 is 0. The third kappa shape index (κ3) is 48.1. The number of aliphatic hydroxyl groups excluding tert-OH is 2. The summed E-state index contributed by atoms with van der Waals surface area (Å²) in [5.74, 6) is -0.0296. The Morgan fingerprint density at radius 3 is 1.19 bits per heavy atom. The van der Waals surface area contributed by atoms with Gasteiger partial charge in [-0.2, -0.15) is 0 Å². The summed E-state index contributed by atoms with van der Waals surface area (Å²) in [6, 6.07) is -0.537. The Hall–Kier alpha value is -1.40. The lowest BCUT2D eigenvalue weighted by atomic mass is 10.0. The highest BCUT2D eigenvalue weighted by atomic mass is 16.5. The van der Waals surface area contributed by atoms with E-state index in [-0.39, 0.29) is 18.5 Å². The molecular weight excluding hydrogens is 767 g/mol. The minimum absolute atomic E-state index is 0.00529. The molecule has 0 heterocycles. The molecule has 0 aliphatic rings. The molecule has 0 aromatic heterocycles. The predicted molar refractivity (Wildman–Crippen MR) is 269 cm³/mol. The Morgan fingerprint density at radius 1 is 0.435 bits per heavy atom. The number of amides is 1. The van der Waals surface area contributed by atoms with Gasteiger partial charge in [0.2, 0.25) is 5.91 Å². The van der Waals surface area contributed by atoms with Gasteiger partial charge in [-0.1, -0.05) is 264 Å². The number of esters is 1. The van der Waals surface area contributed by atoms with E-state index in [4.69, 9.17) is 4.74 Å². The number of aliphatic hydroxyl groups is 2. The zero-order valence-electron chi connectivity index (χ0n) is 41.9. The number of nitrogens with one attached hydrogen (secondary N) is 1. The van der Waals surface area contributed by atoms with Crippen LogP contribution in [-0.2, 0) is 14.3 Å². The second-order valence-corrected chi connectivity index (χ2v) is 19.3. The van der Waals surface area contributed by atoms with E-state index in [1.165, 1.54) is 231 Å². The van der Waals surface area contributed by atoms with Gasteiger partial charge in [-0.15, -0.1) is 0 Å². The van der Waals surface area contributed by atoms with Crippen LogP contribution in [0.1, 0.15) is 309 Å².